The maximum Gasteiger partial charge on any atom is 0.469 e. The molecule has 290 valence electrons. The number of rotatable bonds is 35. The minimum Gasteiger partial charge on any atom is -0.462 e. The fraction of sp³-hybridized carbons (Fsp3) is 0.750. The van der Waals surface area contributed by atoms with Gasteiger partial charge in [0.05, 0.1) is 12.7 Å². The second kappa shape index (κ2) is 35.4. The van der Waals surface area contributed by atoms with Gasteiger partial charge in [0.2, 0.25) is 0 Å². The van der Waals surface area contributed by atoms with Crippen LogP contribution in [0.5, 0.6) is 0 Å². The van der Waals surface area contributed by atoms with Gasteiger partial charge in [-0.1, -0.05) is 159 Å². The lowest BCUT2D eigenvalue weighted by Crippen LogP contribution is -2.29. The van der Waals surface area contributed by atoms with Crippen molar-refractivity contribution < 1.29 is 43.0 Å². The molecule has 0 unspecified atom stereocenters. The highest BCUT2D eigenvalue weighted by Gasteiger charge is 2.22. The monoisotopic (exact) mass is 726 g/mol. The van der Waals surface area contributed by atoms with Crippen molar-refractivity contribution in [3.63, 3.8) is 0 Å². The number of carbonyl (C=O) groups is 2. The van der Waals surface area contributed by atoms with Crippen LogP contribution in [0.25, 0.3) is 0 Å². The molecular weight excluding hydrogens is 655 g/mol. The Morgan fingerprint density at radius 3 is 1.78 bits per heavy atom. The molecular formula is C40H71O9P. The number of phosphoric acid groups is 1. The molecule has 0 heterocycles. The van der Waals surface area contributed by atoms with Gasteiger partial charge in [-0.2, -0.15) is 0 Å². The van der Waals surface area contributed by atoms with Gasteiger partial charge >= 0.3 is 19.8 Å². The van der Waals surface area contributed by atoms with Crippen LogP contribution in [0.3, 0.4) is 0 Å². The second-order valence-electron chi connectivity index (χ2n) is 13.1. The van der Waals surface area contributed by atoms with Crippen molar-refractivity contribution in [2.45, 2.75) is 180 Å². The highest BCUT2D eigenvalue weighted by atomic mass is 31.2. The van der Waals surface area contributed by atoms with Crippen LogP contribution < -0.4 is 0 Å². The lowest BCUT2D eigenvalue weighted by atomic mass is 10.0. The van der Waals surface area contributed by atoms with Crippen LogP contribution in [-0.4, -0.2) is 52.3 Å². The molecule has 0 bridgehead atoms. The first-order valence-electron chi connectivity index (χ1n) is 19.5. The molecule has 0 aliphatic heterocycles. The Bertz CT molecular complexity index is 970. The first-order valence-corrected chi connectivity index (χ1v) is 21.1. The van der Waals surface area contributed by atoms with Crippen molar-refractivity contribution in [2.24, 2.45) is 0 Å². The number of ether oxygens (including phenoxy) is 2. The maximum atomic E-state index is 12.4. The average molecular weight is 727 g/mol. The summed E-state index contributed by atoms with van der Waals surface area (Å²) in [5.41, 5.74) is 0. The molecule has 3 N–H and O–H groups in total. The lowest BCUT2D eigenvalue weighted by molar-refractivity contribution is -0.161. The van der Waals surface area contributed by atoms with E-state index in [1.165, 1.54) is 83.5 Å². The Balaban J connectivity index is 4.12. The van der Waals surface area contributed by atoms with Crippen molar-refractivity contribution in [3.05, 3.63) is 48.6 Å². The summed E-state index contributed by atoms with van der Waals surface area (Å²) in [6, 6.07) is 0. The van der Waals surface area contributed by atoms with E-state index in [4.69, 9.17) is 19.3 Å². The van der Waals surface area contributed by atoms with Crippen LogP contribution in [0.1, 0.15) is 168 Å². The molecule has 50 heavy (non-hydrogen) atoms. The molecule has 0 radical (unpaired) electrons. The summed E-state index contributed by atoms with van der Waals surface area (Å²) in [5, 5.41) is 10.0. The molecule has 0 saturated carbocycles. The summed E-state index contributed by atoms with van der Waals surface area (Å²) in [5.74, 6) is -0.991. The van der Waals surface area contributed by atoms with Gasteiger partial charge in [0.15, 0.2) is 6.10 Å². The van der Waals surface area contributed by atoms with E-state index >= 15 is 0 Å². The molecule has 9 nitrogen and oxygen atoms in total. The Labute approximate surface area is 304 Å². The number of allylic oxidation sites excluding steroid dienone is 6. The Kier molecular flexibility index (Phi) is 33.9. The minimum absolute atomic E-state index is 0.102. The molecule has 0 aliphatic rings. The van der Waals surface area contributed by atoms with E-state index in [2.05, 4.69) is 24.4 Å². The fourth-order valence-electron chi connectivity index (χ4n) is 5.21. The van der Waals surface area contributed by atoms with Crippen LogP contribution in [0.4, 0.5) is 0 Å². The zero-order valence-corrected chi connectivity index (χ0v) is 32.3. The van der Waals surface area contributed by atoms with Crippen molar-refractivity contribution in [3.8, 4) is 0 Å². The number of aliphatic hydroxyl groups excluding tert-OH is 1. The summed E-state index contributed by atoms with van der Waals surface area (Å²) in [7, 11) is -4.78. The van der Waals surface area contributed by atoms with Crippen molar-refractivity contribution in [2.75, 3.05) is 13.2 Å². The van der Waals surface area contributed by atoms with Gasteiger partial charge in [-0.05, 0) is 44.9 Å². The van der Waals surface area contributed by atoms with E-state index in [0.29, 0.717) is 32.1 Å². The van der Waals surface area contributed by atoms with Crippen molar-refractivity contribution in [1.82, 2.24) is 0 Å². The Hall–Kier alpha value is -2.03. The van der Waals surface area contributed by atoms with Crippen LogP contribution in [0.2, 0.25) is 0 Å². The van der Waals surface area contributed by atoms with Gasteiger partial charge < -0.3 is 24.4 Å². The number of unbranched alkanes of at least 4 members (excludes halogenated alkanes) is 17. The Morgan fingerprint density at radius 1 is 0.620 bits per heavy atom. The lowest BCUT2D eigenvalue weighted by Gasteiger charge is -2.18. The molecule has 0 aliphatic carbocycles. The molecule has 2 atom stereocenters. The fourth-order valence-corrected chi connectivity index (χ4v) is 5.57. The number of phosphoric ester groups is 1. The van der Waals surface area contributed by atoms with E-state index in [-0.39, 0.29) is 19.4 Å². The van der Waals surface area contributed by atoms with Gasteiger partial charge in [0, 0.05) is 12.8 Å². The third kappa shape index (κ3) is 37.2. The molecule has 0 saturated heterocycles. The standard InChI is InChI=1S/C40H71O9P/c1-3-5-7-9-11-12-13-14-15-16-17-21-25-29-33-39(42)47-35-38(36-48-50(44,45)46)49-40(43)34-30-26-22-18-20-24-28-32-37(41)31-27-23-19-10-8-6-4-2/h18-19,22-24,27-28,31,37-38,41H,3-17,20-21,25-26,29-30,32-36H2,1-2H3,(H2,44,45,46)/b22-18+,23-19-,28-24-,31-27-/t37-,38+/m0/s1. The summed E-state index contributed by atoms with van der Waals surface area (Å²) in [4.78, 5) is 42.7. The van der Waals surface area contributed by atoms with Gasteiger partial charge in [0.1, 0.15) is 6.61 Å². The van der Waals surface area contributed by atoms with E-state index < -0.39 is 38.6 Å². The van der Waals surface area contributed by atoms with E-state index in [9.17, 15) is 19.3 Å². The van der Waals surface area contributed by atoms with Crippen molar-refractivity contribution >= 4 is 19.8 Å². The summed E-state index contributed by atoms with van der Waals surface area (Å²) in [6.07, 6.45) is 38.6. The summed E-state index contributed by atoms with van der Waals surface area (Å²) < 4.78 is 26.2. The van der Waals surface area contributed by atoms with Crippen LogP contribution in [0, 0.1) is 0 Å². The summed E-state index contributed by atoms with van der Waals surface area (Å²) >= 11 is 0. The smallest absolute Gasteiger partial charge is 0.462 e. The summed E-state index contributed by atoms with van der Waals surface area (Å²) in [6.45, 7) is 3.53. The van der Waals surface area contributed by atoms with Crippen LogP contribution in [0.15, 0.2) is 48.6 Å². The molecule has 0 aromatic rings. The molecule has 0 fully saturated rings. The predicted molar refractivity (Wildman–Crippen MR) is 204 cm³/mol. The maximum absolute atomic E-state index is 12.4. The first-order chi connectivity index (χ1) is 24.2. The van der Waals surface area contributed by atoms with Gasteiger partial charge in [0.25, 0.3) is 0 Å². The number of hydrogen-bond donors (Lipinski definition) is 3. The van der Waals surface area contributed by atoms with E-state index in [1.807, 2.05) is 36.5 Å². The number of esters is 2. The minimum atomic E-state index is -4.78. The highest BCUT2D eigenvalue weighted by molar-refractivity contribution is 7.46. The molecule has 10 heteroatoms. The zero-order chi connectivity index (χ0) is 37.0. The zero-order valence-electron chi connectivity index (χ0n) is 31.4. The van der Waals surface area contributed by atoms with E-state index in [1.54, 1.807) is 6.08 Å². The number of hydrogen-bond acceptors (Lipinski definition) is 7. The van der Waals surface area contributed by atoms with Gasteiger partial charge in [-0.25, -0.2) is 4.57 Å². The molecule has 0 aromatic carbocycles. The van der Waals surface area contributed by atoms with Gasteiger partial charge in [-0.3, -0.25) is 14.1 Å². The second-order valence-corrected chi connectivity index (χ2v) is 14.3. The van der Waals surface area contributed by atoms with Crippen LogP contribution >= 0.6 is 7.82 Å². The molecule has 0 rings (SSSR count). The largest absolute Gasteiger partial charge is 0.469 e. The predicted octanol–water partition coefficient (Wildman–Crippen LogP) is 10.5. The average Bonchev–Trinajstić information content (AvgIpc) is 3.08. The van der Waals surface area contributed by atoms with E-state index in [0.717, 1.165) is 25.7 Å². The quantitative estimate of drug-likeness (QED) is 0.0191. The first kappa shape index (κ1) is 48.0. The van der Waals surface area contributed by atoms with Gasteiger partial charge in [-0.15, -0.1) is 0 Å². The third-order valence-electron chi connectivity index (χ3n) is 8.18. The van der Waals surface area contributed by atoms with Crippen molar-refractivity contribution in [1.29, 1.82) is 0 Å². The molecule has 0 spiro atoms. The highest BCUT2D eigenvalue weighted by Crippen LogP contribution is 2.36. The topological polar surface area (TPSA) is 140 Å². The normalized spacial score (nSPS) is 13.6. The number of aliphatic hydroxyl groups is 1. The molecule has 0 amide bonds. The third-order valence-corrected chi connectivity index (χ3v) is 8.67. The van der Waals surface area contributed by atoms with Crippen LogP contribution in [-0.2, 0) is 28.2 Å². The SMILES string of the molecule is CCCCC/C=C\C=C/[C@H](O)C/C=C\C/C=C/CCCC(=O)O[C@H](COC(=O)CCCCCCCCCCCCCCCC)COP(=O)(O)O. The molecule has 0 aromatic heterocycles. The Morgan fingerprint density at radius 2 is 1.16 bits per heavy atom. The number of carbonyl (C=O) groups excluding carboxylic acids is 2.